The summed E-state index contributed by atoms with van der Waals surface area (Å²) in [6, 6.07) is 0.144. The number of carbonyl (C=O) groups excluding carboxylic acids is 3. The van der Waals surface area contributed by atoms with Gasteiger partial charge in [0.05, 0.1) is 0 Å². The largest absolute Gasteiger partial charge is 0.372 e. The summed E-state index contributed by atoms with van der Waals surface area (Å²) < 4.78 is 5.36. The molecule has 1 atom stereocenters. The van der Waals surface area contributed by atoms with Crippen LogP contribution < -0.4 is 16.0 Å². The van der Waals surface area contributed by atoms with Gasteiger partial charge in [0.2, 0.25) is 17.7 Å². The van der Waals surface area contributed by atoms with Gasteiger partial charge in [-0.05, 0) is 48.0 Å². The van der Waals surface area contributed by atoms with Crippen molar-refractivity contribution < 1.29 is 19.1 Å². The third-order valence-corrected chi connectivity index (χ3v) is 3.40. The van der Waals surface area contributed by atoms with Gasteiger partial charge in [0, 0.05) is 36.6 Å². The molecule has 0 aromatic rings. The summed E-state index contributed by atoms with van der Waals surface area (Å²) in [5.74, 6) is -0.853. The highest BCUT2D eigenvalue weighted by molar-refractivity contribution is 5.85. The fraction of sp³-hybridized carbons (Fsp3) is 0.833. The number of hydrogen-bond acceptors (Lipinski definition) is 4. The SMILES string of the molecule is CC(C)NC(=O)COCCC(C)(C)NC(=O)C(C)CC(=O)NC(C)C. The molecule has 0 bridgehead atoms. The molecule has 0 fully saturated rings. The van der Waals surface area contributed by atoms with E-state index < -0.39 is 11.5 Å². The third kappa shape index (κ3) is 12.4. The van der Waals surface area contributed by atoms with Crippen molar-refractivity contribution in [3.05, 3.63) is 0 Å². The van der Waals surface area contributed by atoms with E-state index in [2.05, 4.69) is 16.0 Å². The molecule has 0 spiro atoms. The summed E-state index contributed by atoms with van der Waals surface area (Å²) in [7, 11) is 0. The zero-order chi connectivity index (χ0) is 19.6. The summed E-state index contributed by atoms with van der Waals surface area (Å²) >= 11 is 0. The van der Waals surface area contributed by atoms with Crippen LogP contribution in [0.3, 0.4) is 0 Å². The molecule has 0 heterocycles. The van der Waals surface area contributed by atoms with Gasteiger partial charge in [0.25, 0.3) is 0 Å². The maximum atomic E-state index is 12.2. The minimum absolute atomic E-state index is 0.00792. The van der Waals surface area contributed by atoms with Gasteiger partial charge in [-0.15, -0.1) is 0 Å². The van der Waals surface area contributed by atoms with E-state index in [0.717, 1.165) is 0 Å². The molecule has 146 valence electrons. The average molecular weight is 357 g/mol. The number of nitrogens with one attached hydrogen (secondary N) is 3. The van der Waals surface area contributed by atoms with Gasteiger partial charge < -0.3 is 20.7 Å². The van der Waals surface area contributed by atoms with Crippen LogP contribution in [0, 0.1) is 5.92 Å². The second-order valence-corrected chi connectivity index (χ2v) is 7.73. The average Bonchev–Trinajstić information content (AvgIpc) is 2.41. The molecule has 0 saturated heterocycles. The van der Waals surface area contributed by atoms with Gasteiger partial charge in [0.15, 0.2) is 0 Å². The summed E-state index contributed by atoms with van der Waals surface area (Å²) in [6.07, 6.45) is 0.727. The summed E-state index contributed by atoms with van der Waals surface area (Å²) in [5.41, 5.74) is -0.478. The fourth-order valence-electron chi connectivity index (χ4n) is 2.13. The fourth-order valence-corrected chi connectivity index (χ4v) is 2.13. The van der Waals surface area contributed by atoms with Crippen LogP contribution in [0.15, 0.2) is 0 Å². The lowest BCUT2D eigenvalue weighted by molar-refractivity contribution is -0.131. The van der Waals surface area contributed by atoms with E-state index in [9.17, 15) is 14.4 Å². The first-order chi connectivity index (χ1) is 11.4. The number of ether oxygens (including phenoxy) is 1. The standard InChI is InChI=1S/C18H35N3O4/c1-12(2)19-15(22)10-14(5)17(24)21-18(6,7)8-9-25-11-16(23)20-13(3)4/h12-14H,8-11H2,1-7H3,(H,19,22)(H,20,23)(H,21,24). The van der Waals surface area contributed by atoms with Gasteiger partial charge in [-0.1, -0.05) is 6.92 Å². The Bertz CT molecular complexity index is 448. The minimum Gasteiger partial charge on any atom is -0.372 e. The van der Waals surface area contributed by atoms with Crippen molar-refractivity contribution in [2.75, 3.05) is 13.2 Å². The molecule has 0 aliphatic carbocycles. The third-order valence-electron chi connectivity index (χ3n) is 3.40. The Hall–Kier alpha value is -1.63. The molecule has 0 radical (unpaired) electrons. The summed E-state index contributed by atoms with van der Waals surface area (Å²) in [4.78, 5) is 35.5. The van der Waals surface area contributed by atoms with Crippen molar-refractivity contribution in [3.8, 4) is 0 Å². The molecule has 3 amide bonds. The van der Waals surface area contributed by atoms with Crippen molar-refractivity contribution in [1.29, 1.82) is 0 Å². The molecule has 0 aliphatic rings. The number of hydrogen-bond donors (Lipinski definition) is 3. The summed E-state index contributed by atoms with van der Waals surface area (Å²) in [5, 5.41) is 8.46. The van der Waals surface area contributed by atoms with E-state index in [-0.39, 0.29) is 42.8 Å². The molecule has 0 rings (SSSR count). The maximum absolute atomic E-state index is 12.2. The van der Waals surface area contributed by atoms with Crippen LogP contribution in [0.25, 0.3) is 0 Å². The van der Waals surface area contributed by atoms with E-state index >= 15 is 0 Å². The smallest absolute Gasteiger partial charge is 0.246 e. The van der Waals surface area contributed by atoms with Gasteiger partial charge >= 0.3 is 0 Å². The first-order valence-electron chi connectivity index (χ1n) is 8.91. The van der Waals surface area contributed by atoms with E-state index in [1.165, 1.54) is 0 Å². The zero-order valence-corrected chi connectivity index (χ0v) is 16.7. The Balaban J connectivity index is 4.17. The van der Waals surface area contributed by atoms with Crippen LogP contribution in [0.1, 0.15) is 61.3 Å². The van der Waals surface area contributed by atoms with Crippen LogP contribution in [0.5, 0.6) is 0 Å². The molecule has 0 aliphatic heterocycles. The predicted octanol–water partition coefficient (Wildman–Crippen LogP) is 1.36. The van der Waals surface area contributed by atoms with Crippen LogP contribution in [0.4, 0.5) is 0 Å². The normalized spacial score (nSPS) is 12.8. The molecular weight excluding hydrogens is 322 g/mol. The Labute approximate surface area is 151 Å². The quantitative estimate of drug-likeness (QED) is 0.487. The van der Waals surface area contributed by atoms with Crippen molar-refractivity contribution >= 4 is 17.7 Å². The molecule has 7 heteroatoms. The highest BCUT2D eigenvalue weighted by atomic mass is 16.5. The number of amides is 3. The van der Waals surface area contributed by atoms with E-state index in [0.29, 0.717) is 13.0 Å². The summed E-state index contributed by atoms with van der Waals surface area (Å²) in [6.45, 7) is 13.4. The van der Waals surface area contributed by atoms with Gasteiger partial charge in [-0.25, -0.2) is 0 Å². The Morgan fingerprint density at radius 3 is 1.96 bits per heavy atom. The second-order valence-electron chi connectivity index (χ2n) is 7.73. The van der Waals surface area contributed by atoms with E-state index in [1.54, 1.807) is 6.92 Å². The lowest BCUT2D eigenvalue weighted by Crippen LogP contribution is -2.47. The first kappa shape index (κ1) is 23.4. The monoisotopic (exact) mass is 357 g/mol. The van der Waals surface area contributed by atoms with Crippen LogP contribution in [-0.2, 0) is 19.1 Å². The molecular formula is C18H35N3O4. The maximum Gasteiger partial charge on any atom is 0.246 e. The lowest BCUT2D eigenvalue weighted by atomic mass is 9.98. The highest BCUT2D eigenvalue weighted by Gasteiger charge is 2.25. The van der Waals surface area contributed by atoms with Crippen molar-refractivity contribution in [3.63, 3.8) is 0 Å². The van der Waals surface area contributed by atoms with E-state index in [1.807, 2.05) is 41.5 Å². The molecule has 1 unspecified atom stereocenters. The first-order valence-corrected chi connectivity index (χ1v) is 8.91. The topological polar surface area (TPSA) is 96.5 Å². The molecule has 0 saturated carbocycles. The Kier molecular flexibility index (Phi) is 10.4. The number of rotatable bonds is 11. The Morgan fingerprint density at radius 2 is 1.44 bits per heavy atom. The minimum atomic E-state index is -0.478. The van der Waals surface area contributed by atoms with Gasteiger partial charge in [-0.2, -0.15) is 0 Å². The van der Waals surface area contributed by atoms with Crippen molar-refractivity contribution in [2.24, 2.45) is 5.92 Å². The second kappa shape index (κ2) is 11.1. The van der Waals surface area contributed by atoms with Crippen LogP contribution in [-0.4, -0.2) is 48.6 Å². The molecule has 0 aromatic heterocycles. The van der Waals surface area contributed by atoms with Crippen LogP contribution >= 0.6 is 0 Å². The van der Waals surface area contributed by atoms with E-state index in [4.69, 9.17) is 4.74 Å². The van der Waals surface area contributed by atoms with Gasteiger partial charge in [0.1, 0.15) is 6.61 Å². The zero-order valence-electron chi connectivity index (χ0n) is 16.7. The predicted molar refractivity (Wildman–Crippen MR) is 98.0 cm³/mol. The lowest BCUT2D eigenvalue weighted by Gasteiger charge is -2.28. The van der Waals surface area contributed by atoms with Crippen molar-refractivity contribution in [2.45, 2.75) is 78.9 Å². The molecule has 7 nitrogen and oxygen atoms in total. The molecule has 0 aromatic carbocycles. The van der Waals surface area contributed by atoms with Crippen molar-refractivity contribution in [1.82, 2.24) is 16.0 Å². The Morgan fingerprint density at radius 1 is 0.920 bits per heavy atom. The number of carbonyl (C=O) groups is 3. The van der Waals surface area contributed by atoms with Gasteiger partial charge in [-0.3, -0.25) is 14.4 Å². The molecule has 3 N–H and O–H groups in total. The highest BCUT2D eigenvalue weighted by Crippen LogP contribution is 2.11. The van der Waals surface area contributed by atoms with Crippen LogP contribution in [0.2, 0.25) is 0 Å². The molecule has 25 heavy (non-hydrogen) atoms.